The molecule has 2 heterocycles. The van der Waals surface area contributed by atoms with Crippen molar-refractivity contribution >= 4 is 11.6 Å². The van der Waals surface area contributed by atoms with E-state index in [1.165, 1.54) is 0 Å². The van der Waals surface area contributed by atoms with Crippen LogP contribution in [0, 0.1) is 18.7 Å². The van der Waals surface area contributed by atoms with Crippen LogP contribution in [-0.2, 0) is 4.74 Å². The molecule has 0 bridgehead atoms. The van der Waals surface area contributed by atoms with Gasteiger partial charge in [-0.3, -0.25) is 4.90 Å². The van der Waals surface area contributed by atoms with E-state index in [2.05, 4.69) is 10.2 Å². The summed E-state index contributed by atoms with van der Waals surface area (Å²) >= 11 is 6.52. The van der Waals surface area contributed by atoms with Gasteiger partial charge >= 0.3 is 0 Å². The van der Waals surface area contributed by atoms with Crippen LogP contribution in [0.3, 0.4) is 0 Å². The predicted molar refractivity (Wildman–Crippen MR) is 86.9 cm³/mol. The van der Waals surface area contributed by atoms with E-state index in [9.17, 15) is 4.39 Å². The quantitative estimate of drug-likeness (QED) is 0.923. The van der Waals surface area contributed by atoms with Crippen LogP contribution in [0.4, 0.5) is 4.39 Å². The van der Waals surface area contributed by atoms with E-state index in [0.29, 0.717) is 16.5 Å². The summed E-state index contributed by atoms with van der Waals surface area (Å²) in [5, 5.41) is 3.96. The molecule has 22 heavy (non-hydrogen) atoms. The number of nitrogens with zero attached hydrogens (tertiary/aromatic N) is 1. The molecule has 2 fully saturated rings. The molecule has 1 aromatic rings. The molecule has 2 aliphatic rings. The first kappa shape index (κ1) is 16.2. The number of halogens is 2. The summed E-state index contributed by atoms with van der Waals surface area (Å²) in [5.74, 6) is 0.228. The molecule has 0 unspecified atom stereocenters. The lowest BCUT2D eigenvalue weighted by molar-refractivity contribution is 0.0203. The average Bonchev–Trinajstić information content (AvgIpc) is 2.57. The van der Waals surface area contributed by atoms with Gasteiger partial charge in [-0.1, -0.05) is 17.7 Å². The molecule has 3 rings (SSSR count). The largest absolute Gasteiger partial charge is 0.381 e. The topological polar surface area (TPSA) is 24.5 Å². The van der Waals surface area contributed by atoms with Gasteiger partial charge in [0.2, 0.25) is 0 Å². The summed E-state index contributed by atoms with van der Waals surface area (Å²) in [4.78, 5) is 2.40. The van der Waals surface area contributed by atoms with Crippen LogP contribution in [0.2, 0.25) is 5.02 Å². The Morgan fingerprint density at radius 3 is 2.64 bits per heavy atom. The van der Waals surface area contributed by atoms with E-state index in [1.807, 2.05) is 6.92 Å². The minimum atomic E-state index is -0.175. The molecule has 3 nitrogen and oxygen atoms in total. The molecular formula is C17H24ClFN2O. The Balaban J connectivity index is 1.98. The van der Waals surface area contributed by atoms with E-state index in [4.69, 9.17) is 16.3 Å². The molecule has 2 aliphatic heterocycles. The van der Waals surface area contributed by atoms with E-state index in [-0.39, 0.29) is 11.9 Å². The van der Waals surface area contributed by atoms with Gasteiger partial charge in [0, 0.05) is 51.0 Å². The van der Waals surface area contributed by atoms with Crippen molar-refractivity contribution in [2.24, 2.45) is 5.92 Å². The standard InChI is InChI=1S/C17H24ClFN2O/c1-12-2-3-14(19)15(16(12)18)17(13-4-10-22-11-5-13)21-8-6-20-7-9-21/h2-3,13,17,20H,4-11H2,1H3/t17-/m0/s1. The lowest BCUT2D eigenvalue weighted by Gasteiger charge is -2.41. The zero-order chi connectivity index (χ0) is 15.5. The Morgan fingerprint density at radius 2 is 1.95 bits per heavy atom. The minimum Gasteiger partial charge on any atom is -0.381 e. The summed E-state index contributed by atoms with van der Waals surface area (Å²) in [6, 6.07) is 3.38. The van der Waals surface area contributed by atoms with Crippen LogP contribution in [0.15, 0.2) is 12.1 Å². The molecule has 1 atom stereocenters. The lowest BCUT2D eigenvalue weighted by atomic mass is 9.84. The van der Waals surface area contributed by atoms with E-state index in [0.717, 1.165) is 57.8 Å². The van der Waals surface area contributed by atoms with E-state index >= 15 is 0 Å². The Bertz CT molecular complexity index is 496. The SMILES string of the molecule is Cc1ccc(F)c([C@H](C2CCOCC2)N2CCNCC2)c1Cl. The third-order valence-electron chi connectivity index (χ3n) is 4.87. The lowest BCUT2D eigenvalue weighted by Crippen LogP contribution is -2.48. The molecule has 0 saturated carbocycles. The molecule has 5 heteroatoms. The van der Waals surface area contributed by atoms with Crippen LogP contribution < -0.4 is 5.32 Å². The van der Waals surface area contributed by atoms with Gasteiger partial charge in [0.15, 0.2) is 0 Å². The normalized spacial score (nSPS) is 22.7. The number of aryl methyl sites for hydroxylation is 1. The van der Waals surface area contributed by atoms with Crippen LogP contribution in [-0.4, -0.2) is 44.3 Å². The van der Waals surface area contributed by atoms with Crippen molar-refractivity contribution in [3.63, 3.8) is 0 Å². The molecule has 0 spiro atoms. The summed E-state index contributed by atoms with van der Waals surface area (Å²) < 4.78 is 20.1. The second-order valence-electron chi connectivity index (χ2n) is 6.27. The summed E-state index contributed by atoms with van der Waals surface area (Å²) in [6.07, 6.45) is 1.94. The fourth-order valence-electron chi connectivity index (χ4n) is 3.66. The highest BCUT2D eigenvalue weighted by molar-refractivity contribution is 6.32. The third kappa shape index (κ3) is 3.30. The fourth-order valence-corrected chi connectivity index (χ4v) is 3.92. The zero-order valence-electron chi connectivity index (χ0n) is 13.1. The van der Waals surface area contributed by atoms with Gasteiger partial charge in [-0.2, -0.15) is 0 Å². The van der Waals surface area contributed by atoms with Gasteiger partial charge < -0.3 is 10.1 Å². The third-order valence-corrected chi connectivity index (χ3v) is 5.37. The highest BCUT2D eigenvalue weighted by Crippen LogP contribution is 2.40. The van der Waals surface area contributed by atoms with E-state index < -0.39 is 0 Å². The number of hydrogen-bond acceptors (Lipinski definition) is 3. The van der Waals surface area contributed by atoms with Crippen molar-refractivity contribution < 1.29 is 9.13 Å². The Labute approximate surface area is 136 Å². The minimum absolute atomic E-state index is 0.0541. The Morgan fingerprint density at radius 1 is 1.27 bits per heavy atom. The zero-order valence-corrected chi connectivity index (χ0v) is 13.8. The molecule has 122 valence electrons. The molecular weight excluding hydrogens is 303 g/mol. The smallest absolute Gasteiger partial charge is 0.129 e. The molecule has 0 radical (unpaired) electrons. The van der Waals surface area contributed by atoms with Crippen molar-refractivity contribution in [3.05, 3.63) is 34.1 Å². The maximum atomic E-state index is 14.6. The average molecular weight is 327 g/mol. The second-order valence-corrected chi connectivity index (χ2v) is 6.65. The van der Waals surface area contributed by atoms with Crippen LogP contribution in [0.5, 0.6) is 0 Å². The van der Waals surface area contributed by atoms with Crippen molar-refractivity contribution in [2.75, 3.05) is 39.4 Å². The number of hydrogen-bond donors (Lipinski definition) is 1. The van der Waals surface area contributed by atoms with Crippen LogP contribution in [0.25, 0.3) is 0 Å². The van der Waals surface area contributed by atoms with Gasteiger partial charge in [0.05, 0.1) is 5.02 Å². The number of nitrogens with one attached hydrogen (secondary N) is 1. The van der Waals surface area contributed by atoms with Crippen molar-refractivity contribution in [2.45, 2.75) is 25.8 Å². The second kappa shape index (κ2) is 7.26. The monoisotopic (exact) mass is 326 g/mol. The maximum Gasteiger partial charge on any atom is 0.129 e. The van der Waals surface area contributed by atoms with Gasteiger partial charge in [-0.15, -0.1) is 0 Å². The molecule has 2 saturated heterocycles. The van der Waals surface area contributed by atoms with Crippen molar-refractivity contribution in [1.82, 2.24) is 10.2 Å². The Kier molecular flexibility index (Phi) is 5.34. The molecule has 0 aromatic heterocycles. The summed E-state index contributed by atoms with van der Waals surface area (Å²) in [7, 11) is 0. The predicted octanol–water partition coefficient (Wildman–Crippen LogP) is 3.16. The molecule has 0 amide bonds. The van der Waals surface area contributed by atoms with Crippen molar-refractivity contribution in [1.29, 1.82) is 0 Å². The highest BCUT2D eigenvalue weighted by Gasteiger charge is 2.34. The molecule has 1 N–H and O–H groups in total. The van der Waals surface area contributed by atoms with Crippen LogP contribution >= 0.6 is 11.6 Å². The molecule has 1 aromatic carbocycles. The van der Waals surface area contributed by atoms with Gasteiger partial charge in [0.25, 0.3) is 0 Å². The van der Waals surface area contributed by atoms with Gasteiger partial charge in [-0.25, -0.2) is 4.39 Å². The number of ether oxygens (including phenoxy) is 1. The number of piperazine rings is 1. The van der Waals surface area contributed by atoms with Gasteiger partial charge in [-0.05, 0) is 37.3 Å². The van der Waals surface area contributed by atoms with E-state index in [1.54, 1.807) is 12.1 Å². The van der Waals surface area contributed by atoms with Crippen LogP contribution in [0.1, 0.15) is 30.0 Å². The number of rotatable bonds is 3. The summed E-state index contributed by atoms with van der Waals surface area (Å²) in [6.45, 7) is 7.24. The highest BCUT2D eigenvalue weighted by atomic mass is 35.5. The maximum absolute atomic E-state index is 14.6. The summed E-state index contributed by atoms with van der Waals surface area (Å²) in [5.41, 5.74) is 1.64. The first-order valence-electron chi connectivity index (χ1n) is 8.15. The Hall–Kier alpha value is -0.680. The molecule has 0 aliphatic carbocycles. The number of benzene rings is 1. The first-order valence-corrected chi connectivity index (χ1v) is 8.53. The first-order chi connectivity index (χ1) is 10.7. The van der Waals surface area contributed by atoms with Gasteiger partial charge in [0.1, 0.15) is 5.82 Å². The van der Waals surface area contributed by atoms with Crippen molar-refractivity contribution in [3.8, 4) is 0 Å². The fraction of sp³-hybridized carbons (Fsp3) is 0.647.